The summed E-state index contributed by atoms with van der Waals surface area (Å²) in [4.78, 5) is 9.37. The Hall–Kier alpha value is -1.75. The SMILES string of the molecule is CCNC1CC(C)(C)Cc2nc(-c3cnn(C)c3)ncc21. The molecule has 0 fully saturated rings. The average molecular weight is 285 g/mol. The molecule has 0 aromatic carbocycles. The molecule has 0 bridgehead atoms. The summed E-state index contributed by atoms with van der Waals surface area (Å²) in [6, 6.07) is 0.358. The summed E-state index contributed by atoms with van der Waals surface area (Å²) in [5, 5.41) is 7.77. The lowest BCUT2D eigenvalue weighted by molar-refractivity contribution is 0.255. The first-order valence-corrected chi connectivity index (χ1v) is 7.57. The van der Waals surface area contributed by atoms with Crippen molar-refractivity contribution in [2.45, 2.75) is 39.7 Å². The lowest BCUT2D eigenvalue weighted by Gasteiger charge is -2.36. The molecule has 0 amide bonds. The maximum absolute atomic E-state index is 4.82. The molecule has 21 heavy (non-hydrogen) atoms. The Bertz CT molecular complexity index is 644. The quantitative estimate of drug-likeness (QED) is 0.941. The van der Waals surface area contributed by atoms with E-state index in [9.17, 15) is 0 Å². The highest BCUT2D eigenvalue weighted by atomic mass is 15.2. The van der Waals surface area contributed by atoms with Crippen LogP contribution in [0.1, 0.15) is 44.5 Å². The highest BCUT2D eigenvalue weighted by Crippen LogP contribution is 2.40. The summed E-state index contributed by atoms with van der Waals surface area (Å²) in [6.07, 6.45) is 7.89. The van der Waals surface area contributed by atoms with Crippen LogP contribution >= 0.6 is 0 Å². The monoisotopic (exact) mass is 285 g/mol. The fourth-order valence-electron chi connectivity index (χ4n) is 3.15. The zero-order valence-electron chi connectivity index (χ0n) is 13.2. The lowest BCUT2D eigenvalue weighted by atomic mass is 9.74. The van der Waals surface area contributed by atoms with Gasteiger partial charge in [-0.05, 0) is 24.8 Å². The summed E-state index contributed by atoms with van der Waals surface area (Å²) in [5.41, 5.74) is 3.67. The highest BCUT2D eigenvalue weighted by molar-refractivity contribution is 5.52. The van der Waals surface area contributed by atoms with Crippen LogP contribution < -0.4 is 5.32 Å². The summed E-state index contributed by atoms with van der Waals surface area (Å²) >= 11 is 0. The molecule has 2 aromatic rings. The van der Waals surface area contributed by atoms with Crippen LogP contribution in [0.15, 0.2) is 18.6 Å². The number of rotatable bonds is 3. The van der Waals surface area contributed by atoms with Gasteiger partial charge in [0.25, 0.3) is 0 Å². The molecular weight excluding hydrogens is 262 g/mol. The Labute approximate surface area is 125 Å². The van der Waals surface area contributed by atoms with E-state index in [1.54, 1.807) is 4.68 Å². The topological polar surface area (TPSA) is 55.6 Å². The van der Waals surface area contributed by atoms with Crippen molar-refractivity contribution < 1.29 is 0 Å². The number of fused-ring (bicyclic) bond motifs is 1. The van der Waals surface area contributed by atoms with Gasteiger partial charge in [-0.25, -0.2) is 9.97 Å². The molecule has 1 atom stereocenters. The molecule has 1 N–H and O–H groups in total. The minimum absolute atomic E-state index is 0.264. The third-order valence-electron chi connectivity index (χ3n) is 4.09. The van der Waals surface area contributed by atoms with Crippen molar-refractivity contribution in [3.63, 3.8) is 0 Å². The Balaban J connectivity index is 2.00. The van der Waals surface area contributed by atoms with Gasteiger partial charge in [-0.3, -0.25) is 4.68 Å². The molecule has 2 heterocycles. The Morgan fingerprint density at radius 2 is 2.19 bits per heavy atom. The first-order chi connectivity index (χ1) is 9.98. The number of aryl methyl sites for hydroxylation is 1. The van der Waals surface area contributed by atoms with Crippen molar-refractivity contribution in [2.24, 2.45) is 12.5 Å². The molecule has 1 aliphatic carbocycles. The van der Waals surface area contributed by atoms with Gasteiger partial charge < -0.3 is 5.32 Å². The minimum Gasteiger partial charge on any atom is -0.310 e. The zero-order chi connectivity index (χ0) is 15.0. The molecule has 0 aliphatic heterocycles. The second-order valence-electron chi connectivity index (χ2n) is 6.65. The second kappa shape index (κ2) is 5.22. The third kappa shape index (κ3) is 2.83. The molecule has 0 radical (unpaired) electrons. The molecule has 5 heteroatoms. The predicted molar refractivity (Wildman–Crippen MR) is 82.8 cm³/mol. The number of aromatic nitrogens is 4. The minimum atomic E-state index is 0.264. The fraction of sp³-hybridized carbons (Fsp3) is 0.562. The van der Waals surface area contributed by atoms with Crippen molar-refractivity contribution in [3.8, 4) is 11.4 Å². The molecule has 5 nitrogen and oxygen atoms in total. The van der Waals surface area contributed by atoms with Crippen molar-refractivity contribution >= 4 is 0 Å². The van der Waals surface area contributed by atoms with Crippen LogP contribution in [-0.2, 0) is 13.5 Å². The van der Waals surface area contributed by atoms with E-state index in [4.69, 9.17) is 4.98 Å². The first-order valence-electron chi connectivity index (χ1n) is 7.57. The summed E-state index contributed by atoms with van der Waals surface area (Å²) in [7, 11) is 1.91. The Morgan fingerprint density at radius 3 is 2.86 bits per heavy atom. The fourth-order valence-corrected chi connectivity index (χ4v) is 3.15. The van der Waals surface area contributed by atoms with E-state index in [2.05, 4.69) is 36.2 Å². The van der Waals surface area contributed by atoms with Gasteiger partial charge in [0.2, 0.25) is 0 Å². The molecule has 0 saturated heterocycles. The smallest absolute Gasteiger partial charge is 0.162 e. The zero-order valence-corrected chi connectivity index (χ0v) is 13.2. The standard InChI is InChI=1S/C16H23N5/c1-5-17-13-6-16(2,3)7-14-12(13)9-18-15(20-14)11-8-19-21(4)10-11/h8-10,13,17H,5-7H2,1-4H3. The molecule has 1 aliphatic rings. The van der Waals surface area contributed by atoms with Gasteiger partial charge in [-0.15, -0.1) is 0 Å². The molecule has 0 saturated carbocycles. The number of hydrogen-bond donors (Lipinski definition) is 1. The van der Waals surface area contributed by atoms with Crippen LogP contribution in [0.4, 0.5) is 0 Å². The highest BCUT2D eigenvalue weighted by Gasteiger charge is 2.33. The van der Waals surface area contributed by atoms with Crippen molar-refractivity contribution in [1.29, 1.82) is 0 Å². The molecule has 112 valence electrons. The second-order valence-corrected chi connectivity index (χ2v) is 6.65. The van der Waals surface area contributed by atoms with Gasteiger partial charge in [0.05, 0.1) is 11.8 Å². The molecule has 2 aromatic heterocycles. The average Bonchev–Trinajstić information content (AvgIpc) is 2.84. The van der Waals surface area contributed by atoms with E-state index in [-0.39, 0.29) is 5.41 Å². The lowest BCUT2D eigenvalue weighted by Crippen LogP contribution is -2.34. The summed E-state index contributed by atoms with van der Waals surface area (Å²) in [5.74, 6) is 0.773. The van der Waals surface area contributed by atoms with E-state index in [0.29, 0.717) is 6.04 Å². The van der Waals surface area contributed by atoms with Crippen LogP contribution in [0.25, 0.3) is 11.4 Å². The van der Waals surface area contributed by atoms with E-state index >= 15 is 0 Å². The van der Waals surface area contributed by atoms with Gasteiger partial charge in [0.1, 0.15) is 0 Å². The van der Waals surface area contributed by atoms with Gasteiger partial charge in [0, 0.05) is 36.7 Å². The van der Waals surface area contributed by atoms with E-state index in [0.717, 1.165) is 30.8 Å². The van der Waals surface area contributed by atoms with Crippen LogP contribution in [0.2, 0.25) is 0 Å². The van der Waals surface area contributed by atoms with Crippen LogP contribution in [0.3, 0.4) is 0 Å². The van der Waals surface area contributed by atoms with Crippen molar-refractivity contribution in [1.82, 2.24) is 25.1 Å². The number of nitrogens with one attached hydrogen (secondary N) is 1. The van der Waals surface area contributed by atoms with Gasteiger partial charge >= 0.3 is 0 Å². The number of hydrogen-bond acceptors (Lipinski definition) is 4. The maximum Gasteiger partial charge on any atom is 0.162 e. The molecule has 3 rings (SSSR count). The van der Waals surface area contributed by atoms with Gasteiger partial charge in [-0.2, -0.15) is 5.10 Å². The summed E-state index contributed by atoms with van der Waals surface area (Å²) in [6.45, 7) is 7.73. The van der Waals surface area contributed by atoms with E-state index in [1.807, 2.05) is 25.6 Å². The van der Waals surface area contributed by atoms with E-state index < -0.39 is 0 Å². The van der Waals surface area contributed by atoms with Crippen LogP contribution in [0, 0.1) is 5.41 Å². The predicted octanol–water partition coefficient (Wildman–Crippen LogP) is 2.50. The Kier molecular flexibility index (Phi) is 3.53. The maximum atomic E-state index is 4.82. The van der Waals surface area contributed by atoms with Gasteiger partial charge in [-0.1, -0.05) is 20.8 Å². The van der Waals surface area contributed by atoms with Crippen molar-refractivity contribution in [2.75, 3.05) is 6.54 Å². The van der Waals surface area contributed by atoms with Crippen molar-refractivity contribution in [3.05, 3.63) is 29.8 Å². The van der Waals surface area contributed by atoms with Crippen LogP contribution in [-0.4, -0.2) is 26.3 Å². The van der Waals surface area contributed by atoms with Gasteiger partial charge in [0.15, 0.2) is 5.82 Å². The molecular formula is C16H23N5. The number of nitrogens with zero attached hydrogens (tertiary/aromatic N) is 4. The molecule has 0 spiro atoms. The van der Waals surface area contributed by atoms with Crippen LogP contribution in [0.5, 0.6) is 0 Å². The summed E-state index contributed by atoms with van der Waals surface area (Å²) < 4.78 is 1.78. The first kappa shape index (κ1) is 14.2. The normalized spacial score (nSPS) is 20.3. The molecule has 1 unspecified atom stereocenters. The van der Waals surface area contributed by atoms with E-state index in [1.165, 1.54) is 11.3 Å². The largest absolute Gasteiger partial charge is 0.310 e. The Morgan fingerprint density at radius 1 is 1.38 bits per heavy atom. The third-order valence-corrected chi connectivity index (χ3v) is 4.09.